The van der Waals surface area contributed by atoms with E-state index in [2.05, 4.69) is 57.2 Å². The van der Waals surface area contributed by atoms with Crippen molar-refractivity contribution in [1.29, 1.82) is 0 Å². The Morgan fingerprint density at radius 2 is 1.94 bits per heavy atom. The molecule has 88 valence electrons. The number of hydrogen-bond acceptors (Lipinski definition) is 2. The summed E-state index contributed by atoms with van der Waals surface area (Å²) in [6.45, 7) is 3.34. The van der Waals surface area contributed by atoms with Crippen molar-refractivity contribution in [1.82, 2.24) is 4.90 Å². The van der Waals surface area contributed by atoms with Gasteiger partial charge in [0.15, 0.2) is 0 Å². The highest BCUT2D eigenvalue weighted by molar-refractivity contribution is 9.11. The van der Waals surface area contributed by atoms with Crippen LogP contribution in [0.1, 0.15) is 16.0 Å². The number of benzene rings is 1. The summed E-state index contributed by atoms with van der Waals surface area (Å²) in [5.74, 6) is 0. The Kier molecular flexibility index (Phi) is 3.32. The van der Waals surface area contributed by atoms with Crippen LogP contribution in [0.4, 0.5) is 0 Å². The fourth-order valence-corrected chi connectivity index (χ4v) is 3.87. The number of rotatable bonds is 2. The molecule has 1 aliphatic heterocycles. The van der Waals surface area contributed by atoms with Gasteiger partial charge in [-0.15, -0.1) is 11.3 Å². The first-order valence-electron chi connectivity index (χ1n) is 5.84. The van der Waals surface area contributed by atoms with Crippen molar-refractivity contribution in [2.24, 2.45) is 0 Å². The molecule has 0 saturated heterocycles. The number of thiophene rings is 1. The first kappa shape index (κ1) is 11.5. The SMILES string of the molecule is Brc1ccc(CN2CCc3ccccc3C2)s1. The number of fused-ring (bicyclic) bond motifs is 1. The molecule has 3 heteroatoms. The van der Waals surface area contributed by atoms with Crippen LogP contribution in [0.5, 0.6) is 0 Å². The quantitative estimate of drug-likeness (QED) is 0.808. The molecule has 0 radical (unpaired) electrons. The lowest BCUT2D eigenvalue weighted by Crippen LogP contribution is -2.29. The Bertz CT molecular complexity index is 520. The predicted molar refractivity (Wildman–Crippen MR) is 76.3 cm³/mol. The van der Waals surface area contributed by atoms with Crippen LogP contribution < -0.4 is 0 Å². The summed E-state index contributed by atoms with van der Waals surface area (Å²) in [5, 5.41) is 0. The van der Waals surface area contributed by atoms with Gasteiger partial charge in [0.1, 0.15) is 0 Å². The second-order valence-electron chi connectivity index (χ2n) is 4.44. The van der Waals surface area contributed by atoms with Gasteiger partial charge in [-0.05, 0) is 45.6 Å². The normalized spacial score (nSPS) is 15.8. The Hall–Kier alpha value is -0.640. The van der Waals surface area contributed by atoms with Gasteiger partial charge in [0.2, 0.25) is 0 Å². The van der Waals surface area contributed by atoms with Gasteiger partial charge in [0.25, 0.3) is 0 Å². The van der Waals surface area contributed by atoms with Crippen molar-refractivity contribution in [3.05, 3.63) is 56.2 Å². The van der Waals surface area contributed by atoms with Gasteiger partial charge in [0, 0.05) is 24.5 Å². The second kappa shape index (κ2) is 4.92. The molecule has 3 rings (SSSR count). The monoisotopic (exact) mass is 307 g/mol. The maximum Gasteiger partial charge on any atom is 0.0701 e. The summed E-state index contributed by atoms with van der Waals surface area (Å²) in [6.07, 6.45) is 1.18. The molecule has 0 saturated carbocycles. The van der Waals surface area contributed by atoms with Crippen molar-refractivity contribution < 1.29 is 0 Å². The van der Waals surface area contributed by atoms with E-state index in [0.29, 0.717) is 0 Å². The minimum atomic E-state index is 1.07. The predicted octanol–water partition coefficient (Wildman–Crippen LogP) is 4.07. The summed E-state index contributed by atoms with van der Waals surface area (Å²) >= 11 is 5.36. The highest BCUT2D eigenvalue weighted by Gasteiger charge is 2.16. The number of halogens is 1. The zero-order chi connectivity index (χ0) is 11.7. The molecule has 1 aliphatic rings. The lowest BCUT2D eigenvalue weighted by molar-refractivity contribution is 0.248. The van der Waals surface area contributed by atoms with E-state index in [1.807, 2.05) is 11.3 Å². The molecule has 1 aromatic carbocycles. The smallest absolute Gasteiger partial charge is 0.0701 e. The van der Waals surface area contributed by atoms with Crippen molar-refractivity contribution >= 4 is 27.3 Å². The van der Waals surface area contributed by atoms with E-state index in [9.17, 15) is 0 Å². The molecule has 0 aliphatic carbocycles. The molecule has 2 aromatic rings. The van der Waals surface area contributed by atoms with Crippen LogP contribution >= 0.6 is 27.3 Å². The highest BCUT2D eigenvalue weighted by atomic mass is 79.9. The van der Waals surface area contributed by atoms with Crippen LogP contribution in [0.3, 0.4) is 0 Å². The van der Waals surface area contributed by atoms with Crippen LogP contribution in [-0.2, 0) is 19.5 Å². The first-order valence-corrected chi connectivity index (χ1v) is 7.45. The molecule has 0 unspecified atom stereocenters. The van der Waals surface area contributed by atoms with Gasteiger partial charge >= 0.3 is 0 Å². The fourth-order valence-electron chi connectivity index (χ4n) is 2.35. The van der Waals surface area contributed by atoms with Crippen molar-refractivity contribution in [2.45, 2.75) is 19.5 Å². The molecule has 0 amide bonds. The third kappa shape index (κ3) is 2.62. The average molecular weight is 308 g/mol. The van der Waals surface area contributed by atoms with E-state index in [4.69, 9.17) is 0 Å². The molecule has 0 atom stereocenters. The lowest BCUT2D eigenvalue weighted by atomic mass is 10.00. The Morgan fingerprint density at radius 3 is 2.71 bits per heavy atom. The molecule has 17 heavy (non-hydrogen) atoms. The maximum absolute atomic E-state index is 3.52. The number of hydrogen-bond donors (Lipinski definition) is 0. The summed E-state index contributed by atoms with van der Waals surface area (Å²) in [5.41, 5.74) is 3.02. The van der Waals surface area contributed by atoms with E-state index in [-0.39, 0.29) is 0 Å². The Labute approximate surface area is 114 Å². The third-order valence-corrected chi connectivity index (χ3v) is 4.83. The van der Waals surface area contributed by atoms with Gasteiger partial charge in [-0.25, -0.2) is 0 Å². The minimum absolute atomic E-state index is 1.07. The zero-order valence-corrected chi connectivity index (χ0v) is 11.9. The van der Waals surface area contributed by atoms with Crippen LogP contribution in [0.15, 0.2) is 40.2 Å². The molecule has 0 fully saturated rings. The summed E-state index contributed by atoms with van der Waals surface area (Å²) < 4.78 is 1.23. The van der Waals surface area contributed by atoms with Gasteiger partial charge < -0.3 is 0 Å². The minimum Gasteiger partial charge on any atom is -0.294 e. The standard InChI is InChI=1S/C14H14BrNS/c15-14-6-5-13(17-14)10-16-8-7-11-3-1-2-4-12(11)9-16/h1-6H,7-10H2. The largest absolute Gasteiger partial charge is 0.294 e. The van der Waals surface area contributed by atoms with Crippen molar-refractivity contribution in [3.63, 3.8) is 0 Å². The van der Waals surface area contributed by atoms with Crippen LogP contribution in [0, 0.1) is 0 Å². The lowest BCUT2D eigenvalue weighted by Gasteiger charge is -2.28. The summed E-state index contributed by atoms with van der Waals surface area (Å²) in [7, 11) is 0. The zero-order valence-electron chi connectivity index (χ0n) is 9.53. The van der Waals surface area contributed by atoms with Gasteiger partial charge in [-0.2, -0.15) is 0 Å². The Morgan fingerprint density at radius 1 is 1.12 bits per heavy atom. The van der Waals surface area contributed by atoms with E-state index in [0.717, 1.165) is 13.1 Å². The molecule has 0 N–H and O–H groups in total. The van der Waals surface area contributed by atoms with Crippen molar-refractivity contribution in [3.8, 4) is 0 Å². The molecule has 0 spiro atoms. The maximum atomic E-state index is 3.52. The van der Waals surface area contributed by atoms with Gasteiger partial charge in [0.05, 0.1) is 3.79 Å². The van der Waals surface area contributed by atoms with E-state index in [1.54, 1.807) is 0 Å². The molecular weight excluding hydrogens is 294 g/mol. The van der Waals surface area contributed by atoms with Crippen LogP contribution in [0.2, 0.25) is 0 Å². The summed E-state index contributed by atoms with van der Waals surface area (Å²) in [6, 6.07) is 13.2. The van der Waals surface area contributed by atoms with Gasteiger partial charge in [-0.3, -0.25) is 4.90 Å². The second-order valence-corrected chi connectivity index (χ2v) is 6.98. The molecular formula is C14H14BrNS. The summed E-state index contributed by atoms with van der Waals surface area (Å²) in [4.78, 5) is 3.97. The Balaban J connectivity index is 1.72. The molecule has 0 bridgehead atoms. The molecule has 2 heterocycles. The van der Waals surface area contributed by atoms with Gasteiger partial charge in [-0.1, -0.05) is 24.3 Å². The third-order valence-electron chi connectivity index (χ3n) is 3.22. The van der Waals surface area contributed by atoms with E-state index < -0.39 is 0 Å². The number of nitrogens with zero attached hydrogens (tertiary/aromatic N) is 1. The highest BCUT2D eigenvalue weighted by Crippen LogP contribution is 2.25. The first-order chi connectivity index (χ1) is 8.31. The molecule has 1 nitrogen and oxygen atoms in total. The fraction of sp³-hybridized carbons (Fsp3) is 0.286. The van der Waals surface area contributed by atoms with E-state index in [1.165, 1.54) is 32.8 Å². The topological polar surface area (TPSA) is 3.24 Å². The van der Waals surface area contributed by atoms with Crippen LogP contribution in [-0.4, -0.2) is 11.4 Å². The average Bonchev–Trinajstić information content (AvgIpc) is 2.75. The molecule has 1 aromatic heterocycles. The van der Waals surface area contributed by atoms with E-state index >= 15 is 0 Å². The van der Waals surface area contributed by atoms with Crippen LogP contribution in [0.25, 0.3) is 0 Å². The van der Waals surface area contributed by atoms with Crippen molar-refractivity contribution in [2.75, 3.05) is 6.54 Å².